The standard InChI is InChI=1S/C11H8N4O2/c1-13-10-8-4-6(11(16)17)2-3-7(8)9(5-12)14-15-10/h2-4H,1H3,(H,13,15)(H,16,17). The molecule has 1 heterocycles. The average Bonchev–Trinajstić information content (AvgIpc) is 2.36. The van der Waals surface area contributed by atoms with Crippen LogP contribution in [0.25, 0.3) is 10.8 Å². The van der Waals surface area contributed by atoms with Crippen LogP contribution in [-0.2, 0) is 0 Å². The molecule has 0 saturated carbocycles. The van der Waals surface area contributed by atoms with Gasteiger partial charge >= 0.3 is 5.97 Å². The second-order valence-corrected chi connectivity index (χ2v) is 3.32. The lowest BCUT2D eigenvalue weighted by Gasteiger charge is -2.05. The molecule has 17 heavy (non-hydrogen) atoms. The normalized spacial score (nSPS) is 9.88. The zero-order valence-electron chi connectivity index (χ0n) is 8.93. The van der Waals surface area contributed by atoms with Crippen LogP contribution in [0, 0.1) is 11.3 Å². The highest BCUT2D eigenvalue weighted by molar-refractivity contribution is 5.99. The van der Waals surface area contributed by atoms with Gasteiger partial charge in [0.1, 0.15) is 6.07 Å². The summed E-state index contributed by atoms with van der Waals surface area (Å²) in [4.78, 5) is 10.9. The number of aromatic carboxylic acids is 1. The Hall–Kier alpha value is -2.68. The number of rotatable bonds is 2. The highest BCUT2D eigenvalue weighted by Gasteiger charge is 2.11. The highest BCUT2D eigenvalue weighted by atomic mass is 16.4. The summed E-state index contributed by atoms with van der Waals surface area (Å²) in [6.07, 6.45) is 0. The molecular formula is C11H8N4O2. The van der Waals surface area contributed by atoms with Crippen molar-refractivity contribution in [3.05, 3.63) is 29.5 Å². The summed E-state index contributed by atoms with van der Waals surface area (Å²) in [5, 5.41) is 29.3. The van der Waals surface area contributed by atoms with Crippen molar-refractivity contribution in [2.75, 3.05) is 12.4 Å². The number of aromatic nitrogens is 2. The van der Waals surface area contributed by atoms with Gasteiger partial charge in [0.05, 0.1) is 5.56 Å². The molecule has 6 heteroatoms. The van der Waals surface area contributed by atoms with E-state index in [0.717, 1.165) is 0 Å². The first-order valence-electron chi connectivity index (χ1n) is 4.79. The molecule has 0 saturated heterocycles. The Morgan fingerprint density at radius 1 is 1.41 bits per heavy atom. The first-order chi connectivity index (χ1) is 8.17. The molecule has 0 fully saturated rings. The third-order valence-electron chi connectivity index (χ3n) is 2.37. The van der Waals surface area contributed by atoms with Gasteiger partial charge < -0.3 is 10.4 Å². The number of anilines is 1. The van der Waals surface area contributed by atoms with E-state index in [2.05, 4.69) is 15.5 Å². The Morgan fingerprint density at radius 3 is 2.76 bits per heavy atom. The van der Waals surface area contributed by atoms with Gasteiger partial charge in [-0.3, -0.25) is 0 Å². The van der Waals surface area contributed by atoms with Crippen LogP contribution in [-0.4, -0.2) is 28.3 Å². The zero-order valence-corrected chi connectivity index (χ0v) is 8.93. The van der Waals surface area contributed by atoms with Crippen LogP contribution in [0.3, 0.4) is 0 Å². The fourth-order valence-corrected chi connectivity index (χ4v) is 1.55. The second kappa shape index (κ2) is 4.06. The minimum Gasteiger partial charge on any atom is -0.478 e. The molecule has 0 radical (unpaired) electrons. The number of nitriles is 1. The number of hydrogen-bond donors (Lipinski definition) is 2. The molecule has 2 aromatic rings. The number of nitrogens with one attached hydrogen (secondary N) is 1. The van der Waals surface area contributed by atoms with E-state index in [9.17, 15) is 4.79 Å². The van der Waals surface area contributed by atoms with Gasteiger partial charge in [-0.25, -0.2) is 4.79 Å². The number of benzene rings is 1. The molecule has 0 aliphatic rings. The monoisotopic (exact) mass is 228 g/mol. The second-order valence-electron chi connectivity index (χ2n) is 3.32. The van der Waals surface area contributed by atoms with Gasteiger partial charge in [-0.05, 0) is 12.1 Å². The number of hydrogen-bond acceptors (Lipinski definition) is 5. The lowest BCUT2D eigenvalue weighted by Crippen LogP contribution is -2.01. The van der Waals surface area contributed by atoms with E-state index in [4.69, 9.17) is 10.4 Å². The van der Waals surface area contributed by atoms with Crippen molar-refractivity contribution in [2.24, 2.45) is 0 Å². The zero-order chi connectivity index (χ0) is 12.4. The van der Waals surface area contributed by atoms with Crippen LogP contribution in [0.15, 0.2) is 18.2 Å². The van der Waals surface area contributed by atoms with Crippen molar-refractivity contribution in [2.45, 2.75) is 0 Å². The minimum atomic E-state index is -1.02. The first-order valence-corrected chi connectivity index (χ1v) is 4.79. The van der Waals surface area contributed by atoms with Crippen molar-refractivity contribution in [1.29, 1.82) is 5.26 Å². The lowest BCUT2D eigenvalue weighted by molar-refractivity contribution is 0.0697. The van der Waals surface area contributed by atoms with Crippen molar-refractivity contribution in [3.63, 3.8) is 0 Å². The maximum Gasteiger partial charge on any atom is 0.335 e. The van der Waals surface area contributed by atoms with E-state index < -0.39 is 5.97 Å². The summed E-state index contributed by atoms with van der Waals surface area (Å²) in [7, 11) is 1.66. The Bertz CT molecular complexity index is 646. The van der Waals surface area contributed by atoms with Gasteiger partial charge in [0.25, 0.3) is 0 Å². The molecule has 0 atom stereocenters. The molecule has 0 bridgehead atoms. The van der Waals surface area contributed by atoms with Gasteiger partial charge in [0.15, 0.2) is 11.5 Å². The summed E-state index contributed by atoms with van der Waals surface area (Å²) in [5.74, 6) is -0.577. The van der Waals surface area contributed by atoms with Gasteiger partial charge in [-0.15, -0.1) is 10.2 Å². The Morgan fingerprint density at radius 2 is 2.18 bits per heavy atom. The van der Waals surface area contributed by atoms with Crippen LogP contribution in [0.4, 0.5) is 5.82 Å². The van der Waals surface area contributed by atoms with E-state index in [1.54, 1.807) is 13.1 Å². The van der Waals surface area contributed by atoms with Crippen LogP contribution in [0.5, 0.6) is 0 Å². The van der Waals surface area contributed by atoms with Crippen LogP contribution in [0.1, 0.15) is 16.1 Å². The molecule has 1 aromatic heterocycles. The maximum atomic E-state index is 10.9. The molecule has 0 spiro atoms. The summed E-state index contributed by atoms with van der Waals surface area (Å²) in [6, 6.07) is 6.39. The third kappa shape index (κ3) is 1.74. The van der Waals surface area contributed by atoms with Crippen molar-refractivity contribution in [3.8, 4) is 6.07 Å². The maximum absolute atomic E-state index is 10.9. The van der Waals surface area contributed by atoms with E-state index in [0.29, 0.717) is 16.6 Å². The van der Waals surface area contributed by atoms with Crippen LogP contribution >= 0.6 is 0 Å². The van der Waals surface area contributed by atoms with Gasteiger partial charge in [0.2, 0.25) is 0 Å². The van der Waals surface area contributed by atoms with Crippen molar-refractivity contribution in [1.82, 2.24) is 10.2 Å². The van der Waals surface area contributed by atoms with Crippen LogP contribution < -0.4 is 5.32 Å². The largest absolute Gasteiger partial charge is 0.478 e. The van der Waals surface area contributed by atoms with E-state index >= 15 is 0 Å². The quantitative estimate of drug-likeness (QED) is 0.802. The first kappa shape index (κ1) is 10.8. The van der Waals surface area contributed by atoms with E-state index in [1.807, 2.05) is 6.07 Å². The number of nitrogens with zero attached hydrogens (tertiary/aromatic N) is 3. The summed E-state index contributed by atoms with van der Waals surface area (Å²) in [5.41, 5.74) is 0.321. The molecule has 1 aromatic carbocycles. The van der Waals surface area contributed by atoms with Gasteiger partial charge in [-0.1, -0.05) is 6.07 Å². The molecule has 0 aliphatic heterocycles. The molecule has 2 rings (SSSR count). The summed E-state index contributed by atoms with van der Waals surface area (Å²) < 4.78 is 0. The van der Waals surface area contributed by atoms with E-state index in [-0.39, 0.29) is 11.3 Å². The van der Waals surface area contributed by atoms with Gasteiger partial charge in [-0.2, -0.15) is 5.26 Å². The fraction of sp³-hybridized carbons (Fsp3) is 0.0909. The predicted octanol–water partition coefficient (Wildman–Crippen LogP) is 1.24. The minimum absolute atomic E-state index is 0.144. The van der Waals surface area contributed by atoms with Crippen molar-refractivity contribution >= 4 is 22.6 Å². The molecule has 6 nitrogen and oxygen atoms in total. The van der Waals surface area contributed by atoms with Crippen LogP contribution in [0.2, 0.25) is 0 Å². The Balaban J connectivity index is 2.83. The SMILES string of the molecule is CNc1nnc(C#N)c2ccc(C(=O)O)cc12. The topological polar surface area (TPSA) is 98.9 Å². The summed E-state index contributed by atoms with van der Waals surface area (Å²) >= 11 is 0. The molecule has 84 valence electrons. The highest BCUT2D eigenvalue weighted by Crippen LogP contribution is 2.23. The molecule has 0 aliphatic carbocycles. The molecule has 0 amide bonds. The summed E-state index contributed by atoms with van der Waals surface area (Å²) in [6.45, 7) is 0. The Kier molecular flexibility index (Phi) is 2.58. The van der Waals surface area contributed by atoms with Crippen molar-refractivity contribution < 1.29 is 9.90 Å². The third-order valence-corrected chi connectivity index (χ3v) is 2.37. The number of carbonyl (C=O) groups is 1. The number of carboxylic acid groups (broad SMARTS) is 1. The molecule has 0 unspecified atom stereocenters. The predicted molar refractivity (Wildman–Crippen MR) is 60.8 cm³/mol. The van der Waals surface area contributed by atoms with Gasteiger partial charge in [0, 0.05) is 17.8 Å². The number of fused-ring (bicyclic) bond motifs is 1. The molecule has 2 N–H and O–H groups in total. The molecular weight excluding hydrogens is 220 g/mol. The average molecular weight is 228 g/mol. The van der Waals surface area contributed by atoms with E-state index in [1.165, 1.54) is 12.1 Å². The lowest BCUT2D eigenvalue weighted by atomic mass is 10.1. The smallest absolute Gasteiger partial charge is 0.335 e. The number of carboxylic acids is 1. The Labute approximate surface area is 96.5 Å². The fourth-order valence-electron chi connectivity index (χ4n) is 1.55.